The van der Waals surface area contributed by atoms with Crippen molar-refractivity contribution in [2.45, 2.75) is 90.8 Å². The van der Waals surface area contributed by atoms with Crippen molar-refractivity contribution in [1.82, 2.24) is 0 Å². The van der Waals surface area contributed by atoms with Gasteiger partial charge in [0.15, 0.2) is 29.6 Å². The van der Waals surface area contributed by atoms with E-state index in [4.69, 9.17) is 9.47 Å². The molecule has 1 heterocycles. The lowest BCUT2D eigenvalue weighted by atomic mass is 9.96. The molecule has 0 aromatic heterocycles. The van der Waals surface area contributed by atoms with Crippen LogP contribution < -0.4 is 0 Å². The molecule has 1 aliphatic rings. The van der Waals surface area contributed by atoms with Crippen LogP contribution in [0.15, 0.2) is 48.5 Å². The van der Waals surface area contributed by atoms with Crippen molar-refractivity contribution in [3.63, 3.8) is 0 Å². The normalized spacial score (nSPS) is 17.2. The summed E-state index contributed by atoms with van der Waals surface area (Å²) >= 11 is 0. The van der Waals surface area contributed by atoms with Crippen molar-refractivity contribution in [2.24, 2.45) is 5.92 Å². The second kappa shape index (κ2) is 15.5. The van der Waals surface area contributed by atoms with Gasteiger partial charge in [0.2, 0.25) is 0 Å². The number of ether oxygens (including phenoxy) is 2. The van der Waals surface area contributed by atoms with Crippen LogP contribution in [-0.2, 0) is 15.9 Å². The van der Waals surface area contributed by atoms with Crippen LogP contribution in [0.2, 0.25) is 0 Å². The molecule has 222 valence electrons. The van der Waals surface area contributed by atoms with Crippen molar-refractivity contribution < 1.29 is 27.0 Å². The second-order valence-corrected chi connectivity index (χ2v) is 11.2. The van der Waals surface area contributed by atoms with E-state index in [1.807, 2.05) is 0 Å². The third-order valence-corrected chi connectivity index (χ3v) is 8.02. The number of hydrogen-bond donors (Lipinski definition) is 0. The quantitative estimate of drug-likeness (QED) is 0.142. The Morgan fingerprint density at radius 2 is 1.12 bits per heavy atom. The predicted octanol–water partition coefficient (Wildman–Crippen LogP) is 10.7. The van der Waals surface area contributed by atoms with E-state index in [1.165, 1.54) is 31.4 Å². The maximum Gasteiger partial charge on any atom is 0.186 e. The molecule has 6 heteroatoms. The maximum atomic E-state index is 15.2. The summed E-state index contributed by atoms with van der Waals surface area (Å²) in [7, 11) is 0. The molecule has 1 saturated heterocycles. The molecule has 0 atom stereocenters. The molecular weight excluding hydrogens is 528 g/mol. The van der Waals surface area contributed by atoms with Gasteiger partial charge in [-0.05, 0) is 36.0 Å². The number of unbranched alkanes of at least 4 members (excludes halogenated alkanes) is 7. The van der Waals surface area contributed by atoms with Crippen molar-refractivity contribution in [3.8, 4) is 22.3 Å². The lowest BCUT2D eigenvalue weighted by Crippen LogP contribution is -2.27. The highest BCUT2D eigenvalue weighted by Crippen LogP contribution is 2.35. The average molecular weight is 571 g/mol. The van der Waals surface area contributed by atoms with E-state index in [0.717, 1.165) is 44.9 Å². The minimum Gasteiger partial charge on any atom is -0.348 e. The van der Waals surface area contributed by atoms with Gasteiger partial charge in [-0.25, -0.2) is 17.6 Å². The summed E-state index contributed by atoms with van der Waals surface area (Å²) in [6.45, 7) is 5.22. The number of rotatable bonds is 14. The first kappa shape index (κ1) is 31.2. The first-order valence-electron chi connectivity index (χ1n) is 15.2. The molecule has 1 aliphatic heterocycles. The lowest BCUT2D eigenvalue weighted by Gasteiger charge is -2.30. The van der Waals surface area contributed by atoms with Gasteiger partial charge in [-0.15, -0.1) is 0 Å². The number of hydrogen-bond acceptors (Lipinski definition) is 2. The third kappa shape index (κ3) is 7.98. The molecule has 3 aromatic carbocycles. The van der Waals surface area contributed by atoms with Gasteiger partial charge in [0.25, 0.3) is 0 Å². The molecule has 1 fully saturated rings. The highest BCUT2D eigenvalue weighted by atomic mass is 19.2. The fourth-order valence-corrected chi connectivity index (χ4v) is 5.47. The van der Waals surface area contributed by atoms with Gasteiger partial charge in [-0.3, -0.25) is 0 Å². The maximum absolute atomic E-state index is 15.2. The van der Waals surface area contributed by atoms with Gasteiger partial charge in [-0.2, -0.15) is 0 Å². The van der Waals surface area contributed by atoms with Crippen LogP contribution in [0.1, 0.15) is 95.5 Å². The molecule has 0 radical (unpaired) electrons. The predicted molar refractivity (Wildman–Crippen MR) is 157 cm³/mol. The molecule has 2 nitrogen and oxygen atoms in total. The van der Waals surface area contributed by atoms with Gasteiger partial charge >= 0.3 is 0 Å². The molecular formula is C35H42F4O2. The highest BCUT2D eigenvalue weighted by Gasteiger charge is 2.28. The SMILES string of the molecule is CCCCCCCCc1ccc(-c2ccc(-c3ccc(C4OCC(CCCCC)CO4)c(F)c3F)cc2)c(F)c1F. The van der Waals surface area contributed by atoms with Gasteiger partial charge in [0.05, 0.1) is 13.2 Å². The molecule has 0 bridgehead atoms. The topological polar surface area (TPSA) is 18.5 Å². The molecule has 41 heavy (non-hydrogen) atoms. The Balaban J connectivity index is 1.41. The highest BCUT2D eigenvalue weighted by molar-refractivity contribution is 5.71. The zero-order valence-corrected chi connectivity index (χ0v) is 24.3. The summed E-state index contributed by atoms with van der Waals surface area (Å²) in [5.41, 5.74) is 1.53. The van der Waals surface area contributed by atoms with Gasteiger partial charge < -0.3 is 9.47 Å². The van der Waals surface area contributed by atoms with Crippen LogP contribution in [-0.4, -0.2) is 13.2 Å². The summed E-state index contributed by atoms with van der Waals surface area (Å²) < 4.78 is 71.5. The van der Waals surface area contributed by atoms with Gasteiger partial charge in [-0.1, -0.05) is 114 Å². The van der Waals surface area contributed by atoms with Crippen molar-refractivity contribution >= 4 is 0 Å². The van der Waals surface area contributed by atoms with Crippen molar-refractivity contribution in [3.05, 3.63) is 82.9 Å². The second-order valence-electron chi connectivity index (χ2n) is 11.2. The van der Waals surface area contributed by atoms with E-state index < -0.39 is 29.6 Å². The lowest BCUT2D eigenvalue weighted by molar-refractivity contribution is -0.207. The average Bonchev–Trinajstić information content (AvgIpc) is 2.99. The summed E-state index contributed by atoms with van der Waals surface area (Å²) in [6, 6.07) is 12.6. The standard InChI is InChI=1S/C35H42F4O2/c1-3-5-7-8-9-11-13-27-18-19-28(32(37)31(27)36)25-14-16-26(17-15-25)29-20-21-30(34(39)33(29)38)35-40-22-24(23-41-35)12-10-6-4-2/h14-21,24,35H,3-13,22-23H2,1-2H3. The molecule has 0 unspecified atom stereocenters. The van der Waals surface area contributed by atoms with E-state index in [0.29, 0.717) is 36.3 Å². The molecule has 0 N–H and O–H groups in total. The molecule has 4 rings (SSSR count). The Hall–Kier alpha value is -2.70. The minimum atomic E-state index is -1.00. The fraction of sp³-hybridized carbons (Fsp3) is 0.486. The van der Waals surface area contributed by atoms with Crippen LogP contribution in [0.5, 0.6) is 0 Å². The Morgan fingerprint density at radius 1 is 0.585 bits per heavy atom. The first-order valence-corrected chi connectivity index (χ1v) is 15.2. The van der Waals surface area contributed by atoms with Crippen LogP contribution in [0.4, 0.5) is 17.6 Å². The van der Waals surface area contributed by atoms with E-state index in [1.54, 1.807) is 36.4 Å². The Kier molecular flexibility index (Phi) is 11.8. The van der Waals surface area contributed by atoms with Crippen LogP contribution >= 0.6 is 0 Å². The van der Waals surface area contributed by atoms with Gasteiger partial charge in [0, 0.05) is 22.6 Å². The Morgan fingerprint density at radius 3 is 1.76 bits per heavy atom. The third-order valence-electron chi connectivity index (χ3n) is 8.02. The molecule has 0 aliphatic carbocycles. The van der Waals surface area contributed by atoms with Crippen LogP contribution in [0.3, 0.4) is 0 Å². The summed E-state index contributed by atoms with van der Waals surface area (Å²) in [5, 5.41) is 0. The largest absolute Gasteiger partial charge is 0.348 e. The monoisotopic (exact) mass is 570 g/mol. The summed E-state index contributed by atoms with van der Waals surface area (Å²) in [5.74, 6) is -3.44. The minimum absolute atomic E-state index is 0.0356. The smallest absolute Gasteiger partial charge is 0.186 e. The van der Waals surface area contributed by atoms with E-state index in [2.05, 4.69) is 13.8 Å². The van der Waals surface area contributed by atoms with Crippen molar-refractivity contribution in [2.75, 3.05) is 13.2 Å². The zero-order valence-electron chi connectivity index (χ0n) is 24.3. The number of halogens is 4. The number of aryl methyl sites for hydroxylation is 1. The molecule has 0 amide bonds. The molecule has 0 saturated carbocycles. The first-order chi connectivity index (χ1) is 19.9. The number of benzene rings is 3. The van der Waals surface area contributed by atoms with Gasteiger partial charge in [0.1, 0.15) is 0 Å². The van der Waals surface area contributed by atoms with Crippen molar-refractivity contribution in [1.29, 1.82) is 0 Å². The molecule has 3 aromatic rings. The summed E-state index contributed by atoms with van der Waals surface area (Å²) in [6.07, 6.45) is 10.4. The van der Waals surface area contributed by atoms with Crippen LogP contribution in [0.25, 0.3) is 22.3 Å². The fourth-order valence-electron chi connectivity index (χ4n) is 5.47. The summed E-state index contributed by atoms with van der Waals surface area (Å²) in [4.78, 5) is 0. The van der Waals surface area contributed by atoms with E-state index >= 15 is 8.78 Å². The van der Waals surface area contributed by atoms with E-state index in [-0.39, 0.29) is 22.6 Å². The molecule has 0 spiro atoms. The Labute approximate surface area is 242 Å². The van der Waals surface area contributed by atoms with E-state index in [9.17, 15) is 8.78 Å². The Bertz CT molecular complexity index is 1250. The zero-order chi connectivity index (χ0) is 29.2. The van der Waals surface area contributed by atoms with Crippen LogP contribution in [0, 0.1) is 29.2 Å².